The molecule has 1 aromatic heterocycles. The smallest absolute Gasteiger partial charge is 0.289 e. The largest absolute Gasteiger partial charge is 0.433 e. The molecule has 5 nitrogen and oxygen atoms in total. The number of hydrogen-bond acceptors (Lipinski definition) is 3. The molecule has 2 atom stereocenters. The Hall–Kier alpha value is -3.29. The predicted octanol–water partition coefficient (Wildman–Crippen LogP) is 5.75. The van der Waals surface area contributed by atoms with Gasteiger partial charge in [-0.3, -0.25) is 14.8 Å². The molecule has 1 saturated carbocycles. The molecule has 1 aromatic carbocycles. The van der Waals surface area contributed by atoms with Crippen LogP contribution in [0.4, 0.5) is 42.5 Å². The third-order valence-electron chi connectivity index (χ3n) is 5.79. The molecule has 2 heterocycles. The molecule has 2 fully saturated rings. The lowest BCUT2D eigenvalue weighted by atomic mass is 9.89. The van der Waals surface area contributed by atoms with Crippen molar-refractivity contribution in [3.05, 3.63) is 53.3 Å². The first kappa shape index (κ1) is 21.9. The van der Waals surface area contributed by atoms with Gasteiger partial charge in [0.05, 0.1) is 29.3 Å². The number of carbonyl (C=O) groups excluding carboxylic acids is 1. The number of rotatable bonds is 2. The zero-order chi connectivity index (χ0) is 23.3. The highest BCUT2D eigenvalue weighted by Crippen LogP contribution is 2.42. The fraction of sp³-hybridized carbons (Fsp3) is 0.381. The molecule has 1 aliphatic heterocycles. The zero-order valence-electron chi connectivity index (χ0n) is 16.4. The average molecular weight is 454 g/mol. The van der Waals surface area contributed by atoms with Crippen LogP contribution in [0.15, 0.2) is 36.5 Å². The van der Waals surface area contributed by atoms with Crippen molar-refractivity contribution in [1.82, 2.24) is 4.98 Å². The summed E-state index contributed by atoms with van der Waals surface area (Å²) in [7, 11) is 0. The number of hydrogen-bond donors (Lipinski definition) is 0. The molecular weight excluding hydrogens is 438 g/mol. The highest BCUT2D eigenvalue weighted by atomic mass is 19.4. The lowest BCUT2D eigenvalue weighted by Gasteiger charge is -2.32. The third-order valence-corrected chi connectivity index (χ3v) is 5.79. The Kier molecular flexibility index (Phi) is 5.27. The van der Waals surface area contributed by atoms with E-state index in [0.717, 1.165) is 37.2 Å². The van der Waals surface area contributed by atoms with Crippen LogP contribution >= 0.6 is 0 Å². The summed E-state index contributed by atoms with van der Waals surface area (Å²) in [6.45, 7) is 0. The van der Waals surface area contributed by atoms with E-state index >= 15 is 0 Å². The van der Waals surface area contributed by atoms with Gasteiger partial charge in [-0.15, -0.1) is 0 Å². The summed E-state index contributed by atoms with van der Waals surface area (Å²) in [6.07, 6.45) is -6.11. The average Bonchev–Trinajstić information content (AvgIpc) is 3.04. The Labute approximate surface area is 178 Å². The fourth-order valence-corrected chi connectivity index (χ4v) is 4.44. The second-order valence-electron chi connectivity index (χ2n) is 7.68. The van der Waals surface area contributed by atoms with Crippen molar-refractivity contribution in [2.75, 3.05) is 9.80 Å². The molecule has 2 unspecified atom stereocenters. The van der Waals surface area contributed by atoms with Crippen LogP contribution in [0.2, 0.25) is 0 Å². The lowest BCUT2D eigenvalue weighted by molar-refractivity contribution is -0.141. The molecule has 4 rings (SSSR count). The van der Waals surface area contributed by atoms with Crippen LogP contribution < -0.4 is 9.80 Å². The lowest BCUT2D eigenvalue weighted by Crippen LogP contribution is -2.40. The van der Waals surface area contributed by atoms with Crippen LogP contribution in [0.3, 0.4) is 0 Å². The first-order valence-corrected chi connectivity index (χ1v) is 9.79. The van der Waals surface area contributed by atoms with Crippen molar-refractivity contribution in [3.63, 3.8) is 0 Å². The van der Waals surface area contributed by atoms with Gasteiger partial charge >= 0.3 is 18.4 Å². The fourth-order valence-electron chi connectivity index (χ4n) is 4.44. The van der Waals surface area contributed by atoms with Gasteiger partial charge in [0, 0.05) is 17.6 Å². The van der Waals surface area contributed by atoms with Crippen molar-refractivity contribution >= 4 is 17.4 Å². The standard InChI is InChI=1S/C21H16F6N4O/c22-20(23,24)15-9-13(6-5-12(15)11-28)30-16-3-1-2-4-17(16)31(19(30)32)14-7-8-29-18(10-14)21(25,26)27/h5-10,16-17H,1-4H2. The molecule has 1 saturated heterocycles. The summed E-state index contributed by atoms with van der Waals surface area (Å²) >= 11 is 0. The summed E-state index contributed by atoms with van der Waals surface area (Å²) in [5, 5.41) is 9.02. The Morgan fingerprint density at radius 1 is 0.906 bits per heavy atom. The van der Waals surface area contributed by atoms with Gasteiger partial charge in [-0.1, -0.05) is 12.8 Å². The summed E-state index contributed by atoms with van der Waals surface area (Å²) in [5.74, 6) is 0. The van der Waals surface area contributed by atoms with Gasteiger partial charge in [0.1, 0.15) is 5.69 Å². The number of anilines is 2. The molecule has 11 heteroatoms. The van der Waals surface area contributed by atoms with Crippen LogP contribution in [0.25, 0.3) is 0 Å². The van der Waals surface area contributed by atoms with E-state index in [1.165, 1.54) is 28.0 Å². The Morgan fingerprint density at radius 3 is 2.03 bits per heavy atom. The van der Waals surface area contributed by atoms with Gasteiger partial charge in [0.25, 0.3) is 0 Å². The summed E-state index contributed by atoms with van der Waals surface area (Å²) in [5.41, 5.74) is -2.97. The molecule has 2 aromatic rings. The number of nitrogens with zero attached hydrogens (tertiary/aromatic N) is 4. The van der Waals surface area contributed by atoms with E-state index < -0.39 is 47.3 Å². The van der Waals surface area contributed by atoms with Crippen molar-refractivity contribution in [1.29, 1.82) is 5.26 Å². The Balaban J connectivity index is 1.79. The van der Waals surface area contributed by atoms with Crippen LogP contribution in [0, 0.1) is 11.3 Å². The summed E-state index contributed by atoms with van der Waals surface area (Å²) < 4.78 is 79.8. The van der Waals surface area contributed by atoms with E-state index in [2.05, 4.69) is 4.98 Å². The zero-order valence-corrected chi connectivity index (χ0v) is 16.4. The maximum atomic E-state index is 13.5. The van der Waals surface area contributed by atoms with Crippen molar-refractivity contribution in [2.45, 2.75) is 50.1 Å². The number of fused-ring (bicyclic) bond motifs is 1. The van der Waals surface area contributed by atoms with E-state index in [-0.39, 0.29) is 11.4 Å². The number of nitriles is 1. The maximum Gasteiger partial charge on any atom is 0.433 e. The minimum absolute atomic E-state index is 0.0126. The van der Waals surface area contributed by atoms with E-state index in [4.69, 9.17) is 5.26 Å². The van der Waals surface area contributed by atoms with Gasteiger partial charge in [-0.25, -0.2) is 4.79 Å². The van der Waals surface area contributed by atoms with Crippen molar-refractivity contribution < 1.29 is 31.1 Å². The van der Waals surface area contributed by atoms with Crippen molar-refractivity contribution in [3.8, 4) is 6.07 Å². The third kappa shape index (κ3) is 3.74. The normalized spacial score (nSPS) is 21.5. The number of urea groups is 1. The van der Waals surface area contributed by atoms with Gasteiger partial charge in [0.2, 0.25) is 0 Å². The minimum atomic E-state index is -4.80. The maximum absolute atomic E-state index is 13.5. The summed E-state index contributed by atoms with van der Waals surface area (Å²) in [4.78, 5) is 19.1. The topological polar surface area (TPSA) is 60.2 Å². The minimum Gasteiger partial charge on any atom is -0.289 e. The number of amides is 2. The van der Waals surface area contributed by atoms with E-state index in [1.807, 2.05) is 0 Å². The first-order chi connectivity index (χ1) is 15.0. The second-order valence-corrected chi connectivity index (χ2v) is 7.68. The Bertz CT molecular complexity index is 1090. The highest BCUT2D eigenvalue weighted by molar-refractivity contribution is 6.07. The van der Waals surface area contributed by atoms with E-state index in [9.17, 15) is 31.1 Å². The number of aromatic nitrogens is 1. The molecule has 2 amide bonds. The highest BCUT2D eigenvalue weighted by Gasteiger charge is 2.49. The monoisotopic (exact) mass is 454 g/mol. The van der Waals surface area contributed by atoms with Gasteiger partial charge in [0.15, 0.2) is 0 Å². The van der Waals surface area contributed by atoms with Gasteiger partial charge < -0.3 is 0 Å². The predicted molar refractivity (Wildman–Crippen MR) is 102 cm³/mol. The second kappa shape index (κ2) is 7.69. The molecule has 168 valence electrons. The number of alkyl halides is 6. The molecular formula is C21H16F6N4O. The van der Waals surface area contributed by atoms with E-state index in [0.29, 0.717) is 12.8 Å². The molecule has 0 radical (unpaired) electrons. The van der Waals surface area contributed by atoms with E-state index in [1.54, 1.807) is 0 Å². The van der Waals surface area contributed by atoms with Gasteiger partial charge in [-0.2, -0.15) is 31.6 Å². The van der Waals surface area contributed by atoms with Gasteiger partial charge in [-0.05, 0) is 43.2 Å². The SMILES string of the molecule is N#Cc1ccc(N2C(=O)N(c3ccnc(C(F)(F)F)c3)C3CCCCC32)cc1C(F)(F)F. The number of pyridine rings is 1. The molecule has 32 heavy (non-hydrogen) atoms. The number of halogens is 6. The van der Waals surface area contributed by atoms with Crippen LogP contribution in [-0.2, 0) is 12.4 Å². The quantitative estimate of drug-likeness (QED) is 0.543. The first-order valence-electron chi connectivity index (χ1n) is 9.79. The Morgan fingerprint density at radius 2 is 1.50 bits per heavy atom. The van der Waals surface area contributed by atoms with Crippen LogP contribution in [0.5, 0.6) is 0 Å². The molecule has 0 bridgehead atoms. The van der Waals surface area contributed by atoms with Crippen LogP contribution in [-0.4, -0.2) is 23.1 Å². The molecule has 1 aliphatic carbocycles. The molecule has 0 spiro atoms. The number of carbonyl (C=O) groups is 1. The van der Waals surface area contributed by atoms with Crippen molar-refractivity contribution in [2.24, 2.45) is 0 Å². The van der Waals surface area contributed by atoms with Crippen LogP contribution in [0.1, 0.15) is 42.5 Å². The summed E-state index contributed by atoms with van der Waals surface area (Å²) in [6, 6.07) is 4.84. The number of benzene rings is 1. The molecule has 0 N–H and O–H groups in total. The molecule has 2 aliphatic rings.